The Morgan fingerprint density at radius 1 is 1.03 bits per heavy atom. The standard InChI is InChI=1S/C21H18N6O2/c1-14(28)26-27(17-8-9-19-15(11-17)6-4-10-22-19)21-23-13-20(24-25-21)16-5-3-7-18(12-16)29-2/h3-13H,1-2H3,(H,26,28). The molecule has 29 heavy (non-hydrogen) atoms. The Bertz CT molecular complexity index is 1160. The van der Waals surface area contributed by atoms with Crippen molar-refractivity contribution in [3.05, 3.63) is 67.0 Å². The van der Waals surface area contributed by atoms with Crippen molar-refractivity contribution in [1.82, 2.24) is 25.6 Å². The van der Waals surface area contributed by atoms with Gasteiger partial charge in [-0.05, 0) is 36.4 Å². The second-order valence-electron chi connectivity index (χ2n) is 6.26. The molecule has 8 nitrogen and oxygen atoms in total. The summed E-state index contributed by atoms with van der Waals surface area (Å²) >= 11 is 0. The van der Waals surface area contributed by atoms with Gasteiger partial charge in [-0.15, -0.1) is 10.2 Å². The molecule has 2 aromatic heterocycles. The van der Waals surface area contributed by atoms with Gasteiger partial charge in [0.1, 0.15) is 11.4 Å². The van der Waals surface area contributed by atoms with Crippen molar-refractivity contribution in [2.45, 2.75) is 6.92 Å². The average Bonchev–Trinajstić information content (AvgIpc) is 2.77. The number of amides is 1. The molecule has 0 saturated heterocycles. The number of hydrogen-bond donors (Lipinski definition) is 1. The van der Waals surface area contributed by atoms with Gasteiger partial charge in [-0.3, -0.25) is 15.2 Å². The van der Waals surface area contributed by atoms with Crippen molar-refractivity contribution in [3.63, 3.8) is 0 Å². The molecule has 144 valence electrons. The van der Waals surface area contributed by atoms with Crippen LogP contribution in [-0.2, 0) is 4.79 Å². The summed E-state index contributed by atoms with van der Waals surface area (Å²) in [5, 5.41) is 10.9. The van der Waals surface area contributed by atoms with Crippen LogP contribution in [0.4, 0.5) is 11.6 Å². The van der Waals surface area contributed by atoms with Crippen LogP contribution in [0.15, 0.2) is 67.0 Å². The van der Waals surface area contributed by atoms with Crippen LogP contribution in [-0.4, -0.2) is 33.2 Å². The molecule has 2 aromatic carbocycles. The van der Waals surface area contributed by atoms with Crippen molar-refractivity contribution < 1.29 is 9.53 Å². The number of rotatable bonds is 5. The Morgan fingerprint density at radius 3 is 2.69 bits per heavy atom. The molecule has 1 amide bonds. The van der Waals surface area contributed by atoms with E-state index in [-0.39, 0.29) is 11.9 Å². The number of nitrogens with one attached hydrogen (secondary N) is 1. The first-order chi connectivity index (χ1) is 14.1. The summed E-state index contributed by atoms with van der Waals surface area (Å²) in [5.41, 5.74) is 5.72. The maximum absolute atomic E-state index is 11.8. The Kier molecular flexibility index (Phi) is 4.98. The van der Waals surface area contributed by atoms with Gasteiger partial charge in [0.2, 0.25) is 5.91 Å². The zero-order valence-electron chi connectivity index (χ0n) is 15.9. The van der Waals surface area contributed by atoms with Crippen molar-refractivity contribution in [1.29, 1.82) is 0 Å². The third-order valence-electron chi connectivity index (χ3n) is 4.23. The second kappa shape index (κ2) is 7.89. The van der Waals surface area contributed by atoms with Crippen LogP contribution in [0.1, 0.15) is 6.92 Å². The Morgan fingerprint density at radius 2 is 1.93 bits per heavy atom. The summed E-state index contributed by atoms with van der Waals surface area (Å²) in [7, 11) is 1.61. The maximum Gasteiger partial charge on any atom is 0.268 e. The summed E-state index contributed by atoms with van der Waals surface area (Å²) in [6, 6.07) is 16.9. The molecule has 0 aliphatic rings. The number of hydrazine groups is 1. The average molecular weight is 386 g/mol. The van der Waals surface area contributed by atoms with E-state index in [4.69, 9.17) is 4.74 Å². The molecular formula is C21H18N6O2. The van der Waals surface area contributed by atoms with Gasteiger partial charge < -0.3 is 4.74 Å². The molecule has 8 heteroatoms. The number of fused-ring (bicyclic) bond motifs is 1. The molecule has 2 heterocycles. The van der Waals surface area contributed by atoms with Crippen LogP contribution in [0.2, 0.25) is 0 Å². The van der Waals surface area contributed by atoms with Crippen LogP contribution in [0.25, 0.3) is 22.2 Å². The maximum atomic E-state index is 11.8. The van der Waals surface area contributed by atoms with E-state index >= 15 is 0 Å². The minimum atomic E-state index is -0.253. The number of nitrogens with zero attached hydrogens (tertiary/aromatic N) is 5. The van der Waals surface area contributed by atoms with Crippen LogP contribution in [0.3, 0.4) is 0 Å². The number of hydrogen-bond acceptors (Lipinski definition) is 7. The largest absolute Gasteiger partial charge is 0.497 e. The molecule has 0 unspecified atom stereocenters. The normalized spacial score (nSPS) is 10.6. The number of anilines is 2. The quantitative estimate of drug-likeness (QED) is 0.526. The molecule has 4 aromatic rings. The fourth-order valence-corrected chi connectivity index (χ4v) is 2.88. The number of ether oxygens (including phenoxy) is 1. The summed E-state index contributed by atoms with van der Waals surface area (Å²) < 4.78 is 5.25. The molecule has 0 aliphatic carbocycles. The highest BCUT2D eigenvalue weighted by Gasteiger charge is 2.16. The lowest BCUT2D eigenvalue weighted by molar-refractivity contribution is -0.118. The minimum Gasteiger partial charge on any atom is -0.497 e. The number of aromatic nitrogens is 4. The molecule has 0 bridgehead atoms. The highest BCUT2D eigenvalue weighted by molar-refractivity contribution is 5.84. The monoisotopic (exact) mass is 386 g/mol. The summed E-state index contributed by atoms with van der Waals surface area (Å²) in [6.07, 6.45) is 3.34. The topological polar surface area (TPSA) is 93.1 Å². The van der Waals surface area contributed by atoms with Gasteiger partial charge in [0.15, 0.2) is 0 Å². The van der Waals surface area contributed by atoms with Crippen LogP contribution >= 0.6 is 0 Å². The number of benzene rings is 2. The lowest BCUT2D eigenvalue weighted by Crippen LogP contribution is -2.38. The lowest BCUT2D eigenvalue weighted by atomic mass is 10.1. The van der Waals surface area contributed by atoms with Crippen molar-refractivity contribution >= 4 is 28.4 Å². The summed E-state index contributed by atoms with van der Waals surface area (Å²) in [6.45, 7) is 1.42. The molecule has 0 radical (unpaired) electrons. The predicted octanol–water partition coefficient (Wildman–Crippen LogP) is 3.28. The highest BCUT2D eigenvalue weighted by Crippen LogP contribution is 2.25. The molecular weight excluding hydrogens is 368 g/mol. The van der Waals surface area contributed by atoms with E-state index in [1.54, 1.807) is 19.5 Å². The predicted molar refractivity (Wildman–Crippen MR) is 110 cm³/mol. The van der Waals surface area contributed by atoms with Crippen LogP contribution in [0.5, 0.6) is 5.75 Å². The molecule has 0 fully saturated rings. The van der Waals surface area contributed by atoms with Gasteiger partial charge in [0.25, 0.3) is 5.95 Å². The van der Waals surface area contributed by atoms with Gasteiger partial charge in [-0.1, -0.05) is 18.2 Å². The van der Waals surface area contributed by atoms with Gasteiger partial charge >= 0.3 is 0 Å². The zero-order chi connectivity index (χ0) is 20.2. The molecule has 0 spiro atoms. The third kappa shape index (κ3) is 3.96. The lowest BCUT2D eigenvalue weighted by Gasteiger charge is -2.22. The number of carbonyl (C=O) groups excluding carboxylic acids is 1. The van der Waals surface area contributed by atoms with Crippen LogP contribution in [0, 0.1) is 0 Å². The minimum absolute atomic E-state index is 0.245. The van der Waals surface area contributed by atoms with E-state index in [0.29, 0.717) is 11.4 Å². The van der Waals surface area contributed by atoms with E-state index in [2.05, 4.69) is 25.6 Å². The Balaban J connectivity index is 1.70. The Labute approximate surface area is 167 Å². The summed E-state index contributed by atoms with van der Waals surface area (Å²) in [4.78, 5) is 20.5. The Hall–Kier alpha value is -4.07. The van der Waals surface area contributed by atoms with Crippen molar-refractivity contribution in [3.8, 4) is 17.0 Å². The van der Waals surface area contributed by atoms with E-state index < -0.39 is 0 Å². The molecule has 0 aliphatic heterocycles. The fourth-order valence-electron chi connectivity index (χ4n) is 2.88. The van der Waals surface area contributed by atoms with Gasteiger partial charge in [0, 0.05) is 24.1 Å². The first kappa shape index (κ1) is 18.3. The molecule has 0 saturated carbocycles. The van der Waals surface area contributed by atoms with E-state index in [0.717, 1.165) is 22.2 Å². The SMILES string of the molecule is COc1cccc(-c2cnc(N(NC(C)=O)c3ccc4ncccc4c3)nn2)c1. The zero-order valence-corrected chi connectivity index (χ0v) is 15.9. The highest BCUT2D eigenvalue weighted by atomic mass is 16.5. The second-order valence-corrected chi connectivity index (χ2v) is 6.26. The first-order valence-corrected chi connectivity index (χ1v) is 8.90. The van der Waals surface area contributed by atoms with Gasteiger partial charge in [-0.25, -0.2) is 9.99 Å². The van der Waals surface area contributed by atoms with Gasteiger partial charge in [-0.2, -0.15) is 0 Å². The summed E-state index contributed by atoms with van der Waals surface area (Å²) in [5.74, 6) is 0.713. The fraction of sp³-hybridized carbons (Fsp3) is 0.0952. The van der Waals surface area contributed by atoms with E-state index in [1.165, 1.54) is 11.9 Å². The smallest absolute Gasteiger partial charge is 0.268 e. The number of pyridine rings is 1. The van der Waals surface area contributed by atoms with E-state index in [9.17, 15) is 4.79 Å². The number of carbonyl (C=O) groups is 1. The molecule has 0 atom stereocenters. The van der Waals surface area contributed by atoms with Crippen molar-refractivity contribution in [2.24, 2.45) is 0 Å². The van der Waals surface area contributed by atoms with E-state index in [1.807, 2.05) is 54.6 Å². The first-order valence-electron chi connectivity index (χ1n) is 8.90. The molecule has 4 rings (SSSR count). The number of methoxy groups -OCH3 is 1. The molecule has 1 N–H and O–H groups in total. The van der Waals surface area contributed by atoms with Gasteiger partial charge in [0.05, 0.1) is 24.5 Å². The van der Waals surface area contributed by atoms with Crippen molar-refractivity contribution in [2.75, 3.05) is 12.1 Å². The third-order valence-corrected chi connectivity index (χ3v) is 4.23. The van der Waals surface area contributed by atoms with Crippen LogP contribution < -0.4 is 15.2 Å².